The summed E-state index contributed by atoms with van der Waals surface area (Å²) in [5.41, 5.74) is 3.14. The van der Waals surface area contributed by atoms with Crippen molar-refractivity contribution >= 4 is 116 Å². The molecule has 0 saturated heterocycles. The molecule has 342 valence electrons. The molecule has 20 heteroatoms. The van der Waals surface area contributed by atoms with Crippen LogP contribution in [-0.2, 0) is 19.2 Å². The number of ether oxygens (including phenoxy) is 2. The Balaban J connectivity index is 1.29. The fourth-order valence-corrected chi connectivity index (χ4v) is 6.64. The topological polar surface area (TPSA) is 218 Å². The molecule has 0 aromatic heterocycles. The van der Waals surface area contributed by atoms with Crippen LogP contribution in [0, 0.1) is 0 Å². The Morgan fingerprint density at radius 1 is 0.515 bits per heavy atom. The lowest BCUT2D eigenvalue weighted by atomic mass is 10.1. The molecule has 0 fully saturated rings. The molecule has 0 bridgehead atoms. The van der Waals surface area contributed by atoms with Crippen molar-refractivity contribution in [2.75, 3.05) is 35.5 Å². The first kappa shape index (κ1) is 50.3. The molecule has 66 heavy (non-hydrogen) atoms. The van der Waals surface area contributed by atoms with Gasteiger partial charge in [0.15, 0.2) is 11.6 Å². The van der Waals surface area contributed by atoms with Gasteiger partial charge in [-0.1, -0.05) is 47.5 Å². The van der Waals surface area contributed by atoms with Crippen molar-refractivity contribution in [2.24, 2.45) is 20.5 Å². The lowest BCUT2D eigenvalue weighted by molar-refractivity contribution is -0.127. The molecule has 5 rings (SSSR count). The van der Waals surface area contributed by atoms with Gasteiger partial charge in [-0.2, -0.15) is 20.5 Å². The largest absolute Gasteiger partial charge is 0.494 e. The first-order valence-corrected chi connectivity index (χ1v) is 21.4. The normalized spacial score (nSPS) is 13.0. The summed E-state index contributed by atoms with van der Waals surface area (Å²) in [6.45, 7) is 5.94. The molecule has 0 aliphatic rings. The van der Waals surface area contributed by atoms with Crippen LogP contribution in [0.5, 0.6) is 11.5 Å². The number of ketones is 2. The second-order valence-corrected chi connectivity index (χ2v) is 16.5. The van der Waals surface area contributed by atoms with Gasteiger partial charge in [0.05, 0.1) is 68.9 Å². The van der Waals surface area contributed by atoms with Gasteiger partial charge < -0.3 is 30.7 Å². The van der Waals surface area contributed by atoms with Gasteiger partial charge in [0.25, 0.3) is 23.6 Å². The average molecular weight is 977 g/mol. The second kappa shape index (κ2) is 22.9. The zero-order chi connectivity index (χ0) is 48.2. The molecule has 0 aliphatic carbocycles. The summed E-state index contributed by atoms with van der Waals surface area (Å²) < 4.78 is 10.9. The van der Waals surface area contributed by atoms with E-state index in [4.69, 9.17) is 55.9 Å². The summed E-state index contributed by atoms with van der Waals surface area (Å²) in [4.78, 5) is 78.6. The minimum atomic E-state index is -1.65. The molecular weight excluding hydrogens is 934 g/mol. The third kappa shape index (κ3) is 13.2. The zero-order valence-corrected chi connectivity index (χ0v) is 39.1. The average Bonchev–Trinajstić information content (AvgIpc) is 3.27. The summed E-state index contributed by atoms with van der Waals surface area (Å²) in [6, 6.07) is 21.7. The van der Waals surface area contributed by atoms with Crippen LogP contribution in [0.25, 0.3) is 0 Å². The minimum absolute atomic E-state index is 0.0105. The summed E-state index contributed by atoms with van der Waals surface area (Å²) >= 11 is 24.9. The van der Waals surface area contributed by atoms with E-state index < -0.39 is 47.3 Å². The van der Waals surface area contributed by atoms with Gasteiger partial charge in [0.1, 0.15) is 11.5 Å². The standard InChI is InChI=1S/C46H42Cl4N8O8/c1-23(47)27-7-11-29(12-8-27)51-43(61)33-19-31(15-17-35(33)49)55-57-41(25(3)59)45(63)53-37-21-40(66-6)38(22-39(37)65-5)54-46(64)42(26(4)60)58-56-32-16-18-36(50)34(20-32)44(62)52-30-13-9-28(10-14-30)24(2)48/h7-24,41-42H,1-6H3,(H,51,61)(H,52,62)(H,53,63)(H,54,64). The van der Waals surface area contributed by atoms with E-state index in [9.17, 15) is 28.8 Å². The third-order valence-corrected chi connectivity index (χ3v) is 10.7. The predicted molar refractivity (Wildman–Crippen MR) is 255 cm³/mol. The lowest BCUT2D eigenvalue weighted by Gasteiger charge is -2.18. The quantitative estimate of drug-likeness (QED) is 0.0375. The van der Waals surface area contributed by atoms with E-state index in [1.165, 1.54) is 62.8 Å². The van der Waals surface area contributed by atoms with Gasteiger partial charge in [-0.15, -0.1) is 23.2 Å². The molecule has 0 spiro atoms. The molecule has 4 atom stereocenters. The molecule has 4 unspecified atom stereocenters. The number of nitrogens with one attached hydrogen (secondary N) is 4. The van der Waals surface area contributed by atoms with Gasteiger partial charge >= 0.3 is 0 Å². The molecule has 5 aromatic rings. The number of rotatable bonds is 18. The van der Waals surface area contributed by atoms with E-state index in [1.807, 2.05) is 13.8 Å². The van der Waals surface area contributed by atoms with Crippen LogP contribution < -0.4 is 30.7 Å². The number of amides is 4. The summed E-state index contributed by atoms with van der Waals surface area (Å²) in [5, 5.41) is 26.5. The summed E-state index contributed by atoms with van der Waals surface area (Å²) in [6.07, 6.45) is 0. The SMILES string of the molecule is COc1cc(NC(=O)C(N=Nc2ccc(Cl)c(C(=O)Nc3ccc(C(C)Cl)cc3)c2)C(C)=O)c(OC)cc1NC(=O)C(N=Nc1ccc(Cl)c(C(=O)Nc2ccc(C(C)Cl)cc2)c1)C(C)=O. The maximum atomic E-state index is 13.5. The maximum Gasteiger partial charge on any atom is 0.258 e. The molecule has 4 N–H and O–H groups in total. The number of alkyl halides is 2. The number of methoxy groups -OCH3 is 2. The van der Waals surface area contributed by atoms with Crippen LogP contribution in [0.3, 0.4) is 0 Å². The van der Waals surface area contributed by atoms with Crippen molar-refractivity contribution in [3.63, 3.8) is 0 Å². The van der Waals surface area contributed by atoms with E-state index in [0.717, 1.165) is 25.0 Å². The lowest BCUT2D eigenvalue weighted by Crippen LogP contribution is -2.32. The fraction of sp³-hybridized carbons (Fsp3) is 0.217. The number of Topliss-reactive ketones (excluding diaryl/α,β-unsaturated/α-hetero) is 2. The van der Waals surface area contributed by atoms with E-state index >= 15 is 0 Å². The number of carbonyl (C=O) groups excluding carboxylic acids is 6. The number of benzene rings is 5. The van der Waals surface area contributed by atoms with Gasteiger partial charge in [0, 0.05) is 23.5 Å². The van der Waals surface area contributed by atoms with Crippen molar-refractivity contribution in [3.05, 3.63) is 129 Å². The minimum Gasteiger partial charge on any atom is -0.494 e. The van der Waals surface area contributed by atoms with Crippen molar-refractivity contribution in [1.82, 2.24) is 0 Å². The van der Waals surface area contributed by atoms with Gasteiger partial charge in [-0.05, 0) is 99.5 Å². The first-order chi connectivity index (χ1) is 31.4. The Hall–Kier alpha value is -6.72. The van der Waals surface area contributed by atoms with Gasteiger partial charge in [-0.3, -0.25) is 28.8 Å². The van der Waals surface area contributed by atoms with E-state index in [2.05, 4.69) is 41.7 Å². The predicted octanol–water partition coefficient (Wildman–Crippen LogP) is 11.5. The highest BCUT2D eigenvalue weighted by molar-refractivity contribution is 6.35. The first-order valence-electron chi connectivity index (χ1n) is 19.8. The number of anilines is 4. The number of halogens is 4. The molecule has 0 aliphatic heterocycles. The number of carbonyl (C=O) groups is 6. The smallest absolute Gasteiger partial charge is 0.258 e. The molecule has 5 aromatic carbocycles. The fourth-order valence-electron chi connectivity index (χ4n) is 5.94. The second-order valence-electron chi connectivity index (χ2n) is 14.4. The Bertz CT molecular complexity index is 2530. The van der Waals surface area contributed by atoms with Crippen LogP contribution >= 0.6 is 46.4 Å². The number of nitrogens with zero attached hydrogens (tertiary/aromatic N) is 4. The summed E-state index contributed by atoms with van der Waals surface area (Å²) in [7, 11) is 2.58. The molecule has 0 radical (unpaired) electrons. The number of hydrogen-bond donors (Lipinski definition) is 4. The maximum absolute atomic E-state index is 13.5. The van der Waals surface area contributed by atoms with Gasteiger partial charge in [0.2, 0.25) is 12.1 Å². The molecule has 0 heterocycles. The van der Waals surface area contributed by atoms with E-state index in [-0.39, 0.29) is 66.2 Å². The Labute approximate surface area is 399 Å². The number of azo groups is 2. The molecular formula is C46H42Cl4N8O8. The van der Waals surface area contributed by atoms with E-state index in [0.29, 0.717) is 11.4 Å². The van der Waals surface area contributed by atoms with Crippen LogP contribution in [0.2, 0.25) is 10.0 Å². The Kier molecular flexibility index (Phi) is 17.5. The highest BCUT2D eigenvalue weighted by atomic mass is 35.5. The van der Waals surface area contributed by atoms with Gasteiger partial charge in [-0.25, -0.2) is 0 Å². The van der Waals surface area contributed by atoms with Crippen molar-refractivity contribution in [2.45, 2.75) is 50.5 Å². The van der Waals surface area contributed by atoms with Crippen LogP contribution in [0.4, 0.5) is 34.1 Å². The highest BCUT2D eigenvalue weighted by Gasteiger charge is 2.28. The van der Waals surface area contributed by atoms with Crippen LogP contribution in [0.1, 0.15) is 70.3 Å². The van der Waals surface area contributed by atoms with Crippen molar-refractivity contribution in [3.8, 4) is 11.5 Å². The van der Waals surface area contributed by atoms with Crippen LogP contribution in [-0.4, -0.2) is 61.5 Å². The Morgan fingerprint density at radius 2 is 0.864 bits per heavy atom. The van der Waals surface area contributed by atoms with E-state index in [1.54, 1.807) is 48.5 Å². The monoisotopic (exact) mass is 974 g/mol. The van der Waals surface area contributed by atoms with Crippen molar-refractivity contribution < 1.29 is 38.2 Å². The van der Waals surface area contributed by atoms with Crippen LogP contribution in [0.15, 0.2) is 118 Å². The summed E-state index contributed by atoms with van der Waals surface area (Å²) in [5.74, 6) is -4.20. The molecule has 16 nitrogen and oxygen atoms in total. The number of hydrogen-bond acceptors (Lipinski definition) is 12. The van der Waals surface area contributed by atoms with Crippen molar-refractivity contribution in [1.29, 1.82) is 0 Å². The highest BCUT2D eigenvalue weighted by Crippen LogP contribution is 2.37. The molecule has 0 saturated carbocycles. The Morgan fingerprint density at radius 3 is 1.17 bits per heavy atom. The third-order valence-electron chi connectivity index (χ3n) is 9.53. The zero-order valence-electron chi connectivity index (χ0n) is 36.1. The molecule has 4 amide bonds.